The van der Waals surface area contributed by atoms with E-state index >= 15 is 0 Å². The molecule has 1 N–H and O–H groups in total. The Morgan fingerprint density at radius 3 is 2.53 bits per heavy atom. The van der Waals surface area contributed by atoms with Crippen molar-refractivity contribution in [2.45, 2.75) is 13.5 Å². The van der Waals surface area contributed by atoms with Crippen molar-refractivity contribution < 1.29 is 24.0 Å². The van der Waals surface area contributed by atoms with Gasteiger partial charge >= 0.3 is 5.97 Å². The average molecular weight is 413 g/mol. The van der Waals surface area contributed by atoms with Crippen molar-refractivity contribution in [3.63, 3.8) is 0 Å². The summed E-state index contributed by atoms with van der Waals surface area (Å²) in [5.41, 5.74) is 1.80. The summed E-state index contributed by atoms with van der Waals surface area (Å²) in [6.07, 6.45) is 0. The number of benzene rings is 2. The van der Waals surface area contributed by atoms with E-state index in [-0.39, 0.29) is 16.8 Å². The fourth-order valence-corrected chi connectivity index (χ4v) is 3.16. The molecule has 0 unspecified atom stereocenters. The molecule has 1 fully saturated rings. The van der Waals surface area contributed by atoms with Gasteiger partial charge < -0.3 is 14.8 Å². The normalized spacial score (nSPS) is 14.2. The zero-order valence-electron chi connectivity index (χ0n) is 16.6. The molecule has 30 heavy (non-hydrogen) atoms. The number of nitro groups is 1. The Kier molecular flexibility index (Phi) is 7.10. The summed E-state index contributed by atoms with van der Waals surface area (Å²) in [5.74, 6) is -1.28. The number of carbonyl (C=O) groups excluding carboxylic acids is 2. The van der Waals surface area contributed by atoms with Gasteiger partial charge in [-0.3, -0.25) is 19.8 Å². The van der Waals surface area contributed by atoms with Crippen LogP contribution in [0.1, 0.15) is 21.5 Å². The van der Waals surface area contributed by atoms with Crippen molar-refractivity contribution in [2.75, 3.05) is 38.2 Å². The Balaban J connectivity index is 1.50. The summed E-state index contributed by atoms with van der Waals surface area (Å²) in [5, 5.41) is 13.6. The van der Waals surface area contributed by atoms with Crippen molar-refractivity contribution in [2.24, 2.45) is 0 Å². The molecule has 1 aliphatic heterocycles. The molecule has 1 amide bonds. The monoisotopic (exact) mass is 413 g/mol. The minimum Gasteiger partial charge on any atom is -0.452 e. The first kappa shape index (κ1) is 21.4. The molecule has 9 nitrogen and oxygen atoms in total. The first-order valence-corrected chi connectivity index (χ1v) is 9.54. The average Bonchev–Trinajstić information content (AvgIpc) is 2.74. The van der Waals surface area contributed by atoms with E-state index in [0.29, 0.717) is 5.69 Å². The van der Waals surface area contributed by atoms with Gasteiger partial charge in [0.1, 0.15) is 0 Å². The number of carbonyl (C=O) groups is 2. The van der Waals surface area contributed by atoms with Gasteiger partial charge in [0.05, 0.1) is 23.7 Å². The van der Waals surface area contributed by atoms with E-state index in [1.165, 1.54) is 25.1 Å². The smallest absolute Gasteiger partial charge is 0.339 e. The number of nitro benzene ring substituents is 1. The molecule has 0 radical (unpaired) electrons. The molecule has 0 aromatic heterocycles. The highest BCUT2D eigenvalue weighted by Gasteiger charge is 2.19. The third kappa shape index (κ3) is 5.62. The summed E-state index contributed by atoms with van der Waals surface area (Å²) in [7, 11) is 0. The molecular formula is C21H23N3O6. The van der Waals surface area contributed by atoms with Crippen LogP contribution in [0.2, 0.25) is 0 Å². The molecule has 2 aromatic carbocycles. The van der Waals surface area contributed by atoms with E-state index < -0.39 is 23.4 Å². The fourth-order valence-electron chi connectivity index (χ4n) is 3.16. The second kappa shape index (κ2) is 9.95. The molecular weight excluding hydrogens is 390 g/mol. The van der Waals surface area contributed by atoms with Gasteiger partial charge in [-0.15, -0.1) is 0 Å². The number of hydrogen-bond donors (Lipinski definition) is 1. The van der Waals surface area contributed by atoms with Crippen LogP contribution in [0.15, 0.2) is 42.5 Å². The topological polar surface area (TPSA) is 111 Å². The number of hydrogen-bond acceptors (Lipinski definition) is 7. The fraction of sp³-hybridized carbons (Fsp3) is 0.333. The van der Waals surface area contributed by atoms with E-state index in [1.807, 2.05) is 12.1 Å². The van der Waals surface area contributed by atoms with E-state index in [2.05, 4.69) is 10.2 Å². The predicted octanol–water partition coefficient (Wildman–Crippen LogP) is 2.53. The Bertz CT molecular complexity index is 923. The number of esters is 1. The van der Waals surface area contributed by atoms with Crippen molar-refractivity contribution in [1.29, 1.82) is 0 Å². The van der Waals surface area contributed by atoms with E-state index in [9.17, 15) is 19.7 Å². The van der Waals surface area contributed by atoms with Crippen LogP contribution in [-0.2, 0) is 20.8 Å². The lowest BCUT2D eigenvalue weighted by Crippen LogP contribution is -2.35. The van der Waals surface area contributed by atoms with Gasteiger partial charge in [-0.05, 0) is 30.7 Å². The van der Waals surface area contributed by atoms with Crippen molar-refractivity contribution in [1.82, 2.24) is 4.90 Å². The Labute approximate surface area is 173 Å². The Hall–Kier alpha value is -3.30. The number of nitrogens with one attached hydrogen (secondary N) is 1. The van der Waals surface area contributed by atoms with Gasteiger partial charge in [0, 0.05) is 37.0 Å². The molecule has 2 aromatic rings. The van der Waals surface area contributed by atoms with Gasteiger partial charge in [-0.1, -0.05) is 18.2 Å². The first-order chi connectivity index (χ1) is 14.4. The minimum atomic E-state index is -0.785. The van der Waals surface area contributed by atoms with E-state index in [1.54, 1.807) is 12.1 Å². The lowest BCUT2D eigenvalue weighted by molar-refractivity contribution is -0.385. The predicted molar refractivity (Wildman–Crippen MR) is 109 cm³/mol. The summed E-state index contributed by atoms with van der Waals surface area (Å²) < 4.78 is 10.3. The largest absolute Gasteiger partial charge is 0.452 e. The number of anilines is 1. The quantitative estimate of drug-likeness (QED) is 0.422. The van der Waals surface area contributed by atoms with Crippen LogP contribution in [0.4, 0.5) is 11.4 Å². The SMILES string of the molecule is Cc1c(C(=O)OCC(=O)Nc2ccc(CN3CCOCC3)cc2)cccc1[N+](=O)[O-]. The molecule has 158 valence electrons. The molecule has 9 heteroatoms. The molecule has 1 heterocycles. The summed E-state index contributed by atoms with van der Waals surface area (Å²) in [6, 6.07) is 11.6. The maximum Gasteiger partial charge on any atom is 0.339 e. The van der Waals surface area contributed by atoms with Crippen LogP contribution >= 0.6 is 0 Å². The second-order valence-electron chi connectivity index (χ2n) is 6.92. The molecule has 0 spiro atoms. The van der Waals surface area contributed by atoms with Crippen LogP contribution in [-0.4, -0.2) is 54.6 Å². The number of rotatable bonds is 7. The van der Waals surface area contributed by atoms with E-state index in [4.69, 9.17) is 9.47 Å². The molecule has 0 bridgehead atoms. The standard InChI is InChI=1S/C21H23N3O6/c1-15-18(3-2-4-19(15)24(27)28)21(26)30-14-20(25)22-17-7-5-16(6-8-17)13-23-9-11-29-12-10-23/h2-8H,9-14H2,1H3,(H,22,25). The molecule has 0 saturated carbocycles. The molecule has 0 aliphatic carbocycles. The number of amides is 1. The number of morpholine rings is 1. The maximum absolute atomic E-state index is 12.2. The lowest BCUT2D eigenvalue weighted by atomic mass is 10.1. The lowest BCUT2D eigenvalue weighted by Gasteiger charge is -2.26. The Morgan fingerprint density at radius 1 is 1.17 bits per heavy atom. The maximum atomic E-state index is 12.2. The molecule has 1 aliphatic rings. The summed E-state index contributed by atoms with van der Waals surface area (Å²) >= 11 is 0. The third-order valence-electron chi connectivity index (χ3n) is 4.80. The van der Waals surface area contributed by atoms with Gasteiger partial charge in [-0.2, -0.15) is 0 Å². The van der Waals surface area contributed by atoms with Crippen molar-refractivity contribution in [3.8, 4) is 0 Å². The number of ether oxygens (including phenoxy) is 2. The van der Waals surface area contributed by atoms with Crippen LogP contribution < -0.4 is 5.32 Å². The number of nitrogens with zero attached hydrogens (tertiary/aromatic N) is 2. The van der Waals surface area contributed by atoms with Crippen LogP contribution in [0.5, 0.6) is 0 Å². The zero-order valence-corrected chi connectivity index (χ0v) is 16.6. The first-order valence-electron chi connectivity index (χ1n) is 9.54. The highest BCUT2D eigenvalue weighted by atomic mass is 16.6. The van der Waals surface area contributed by atoms with Crippen LogP contribution in [0.25, 0.3) is 0 Å². The van der Waals surface area contributed by atoms with E-state index in [0.717, 1.165) is 38.4 Å². The van der Waals surface area contributed by atoms with Crippen LogP contribution in [0, 0.1) is 17.0 Å². The highest BCUT2D eigenvalue weighted by molar-refractivity contribution is 5.96. The minimum absolute atomic E-state index is 0.0597. The van der Waals surface area contributed by atoms with Crippen molar-refractivity contribution in [3.05, 3.63) is 69.3 Å². The summed E-state index contributed by atoms with van der Waals surface area (Å²) in [4.78, 5) is 37.0. The van der Waals surface area contributed by atoms with Crippen molar-refractivity contribution >= 4 is 23.3 Å². The van der Waals surface area contributed by atoms with Gasteiger partial charge in [0.25, 0.3) is 11.6 Å². The van der Waals surface area contributed by atoms with Crippen LogP contribution in [0.3, 0.4) is 0 Å². The van der Waals surface area contributed by atoms with Gasteiger partial charge in [0.15, 0.2) is 6.61 Å². The third-order valence-corrected chi connectivity index (χ3v) is 4.80. The molecule has 1 saturated heterocycles. The Morgan fingerprint density at radius 2 is 1.87 bits per heavy atom. The highest BCUT2D eigenvalue weighted by Crippen LogP contribution is 2.21. The molecule has 0 atom stereocenters. The summed E-state index contributed by atoms with van der Waals surface area (Å²) in [6.45, 7) is 5.06. The zero-order chi connectivity index (χ0) is 21.5. The molecule has 3 rings (SSSR count). The van der Waals surface area contributed by atoms with Gasteiger partial charge in [0.2, 0.25) is 0 Å². The van der Waals surface area contributed by atoms with Gasteiger partial charge in [-0.25, -0.2) is 4.79 Å². The second-order valence-corrected chi connectivity index (χ2v) is 6.92.